The highest BCUT2D eigenvalue weighted by Crippen LogP contribution is 2.41. The highest BCUT2D eigenvalue weighted by molar-refractivity contribution is 7.80. The maximum absolute atomic E-state index is 12.5. The largest absolute Gasteiger partial charge is 0.573 e. The van der Waals surface area contributed by atoms with Crippen molar-refractivity contribution in [3.63, 3.8) is 0 Å². The van der Waals surface area contributed by atoms with Gasteiger partial charge in [-0.15, -0.1) is 13.2 Å². The molecule has 0 radical (unpaired) electrons. The number of alkyl halides is 3. The van der Waals surface area contributed by atoms with Crippen molar-refractivity contribution in [3.05, 3.63) is 94.0 Å². The lowest BCUT2D eigenvalue weighted by Gasteiger charge is -2.17. The van der Waals surface area contributed by atoms with Crippen LogP contribution in [0.1, 0.15) is 33.4 Å². The van der Waals surface area contributed by atoms with Crippen LogP contribution in [0.4, 0.5) is 13.2 Å². The van der Waals surface area contributed by atoms with Crippen molar-refractivity contribution < 1.29 is 17.9 Å². The molecule has 1 aliphatic rings. The minimum absolute atomic E-state index is 0.231. The minimum atomic E-state index is -4.70. The number of hydrogen-bond donors (Lipinski definition) is 0. The summed E-state index contributed by atoms with van der Waals surface area (Å²) in [5.41, 5.74) is 10.0. The van der Waals surface area contributed by atoms with E-state index in [1.54, 1.807) is 12.1 Å². The molecule has 0 N–H and O–H groups in total. The zero-order chi connectivity index (χ0) is 26.9. The van der Waals surface area contributed by atoms with Crippen LogP contribution in [0.5, 0.6) is 5.75 Å². The van der Waals surface area contributed by atoms with Gasteiger partial charge >= 0.3 is 6.36 Å². The van der Waals surface area contributed by atoms with Crippen LogP contribution in [0, 0.1) is 13.8 Å². The molecule has 194 valence electrons. The highest BCUT2D eigenvalue weighted by atomic mass is 32.1. The fourth-order valence-corrected chi connectivity index (χ4v) is 5.97. The number of nitrogens with zero attached hydrogens (tertiary/aromatic N) is 2. The highest BCUT2D eigenvalue weighted by Gasteiger charge is 2.31. The summed E-state index contributed by atoms with van der Waals surface area (Å²) in [5, 5.41) is 0. The number of aryl methyl sites for hydroxylation is 3. The molecular weight excluding hydrogens is 525 g/mol. The number of fused-ring (bicyclic) bond motifs is 3. The molecule has 8 heteroatoms. The second kappa shape index (κ2) is 10.8. The lowest BCUT2D eigenvalue weighted by atomic mass is 9.87. The van der Waals surface area contributed by atoms with Crippen molar-refractivity contribution in [3.8, 4) is 27.4 Å². The van der Waals surface area contributed by atoms with E-state index in [9.17, 15) is 13.2 Å². The standard InChI is InChI=1S/C30H25F3N2OS2/c1-18-4-3-5-19(2)27(18)15-24(37)17-34-16-20-6-12-25-22(14-20)9-13-26-28(25)35-38-29(26)21-7-10-23(11-8-21)36-30(31,32)33/h3-8,10-12,14,16H,9,13,15,17H2,1-2H3. The molecule has 0 spiro atoms. The summed E-state index contributed by atoms with van der Waals surface area (Å²) in [7, 11) is 0. The molecule has 4 aromatic rings. The Balaban J connectivity index is 1.28. The second-order valence-corrected chi connectivity index (χ2v) is 10.7. The summed E-state index contributed by atoms with van der Waals surface area (Å²) in [4.78, 5) is 6.49. The summed E-state index contributed by atoms with van der Waals surface area (Å²) in [5.74, 6) is -0.231. The average molecular weight is 551 g/mol. The molecule has 0 atom stereocenters. The van der Waals surface area contributed by atoms with Gasteiger partial charge in [-0.3, -0.25) is 4.99 Å². The third-order valence-electron chi connectivity index (χ3n) is 6.69. The molecule has 0 unspecified atom stereocenters. The van der Waals surface area contributed by atoms with Gasteiger partial charge in [0.05, 0.1) is 17.1 Å². The number of halogens is 3. The maximum Gasteiger partial charge on any atom is 0.573 e. The lowest BCUT2D eigenvalue weighted by Crippen LogP contribution is -2.16. The molecule has 0 aliphatic heterocycles. The van der Waals surface area contributed by atoms with E-state index in [4.69, 9.17) is 16.6 Å². The number of hydrogen-bond acceptors (Lipinski definition) is 5. The van der Waals surface area contributed by atoms with Gasteiger partial charge < -0.3 is 4.74 Å². The molecule has 1 aliphatic carbocycles. The third-order valence-corrected chi connectivity index (χ3v) is 7.91. The van der Waals surface area contributed by atoms with Crippen molar-refractivity contribution >= 4 is 34.8 Å². The van der Waals surface area contributed by atoms with Gasteiger partial charge in [0.1, 0.15) is 5.75 Å². The molecule has 38 heavy (non-hydrogen) atoms. The van der Waals surface area contributed by atoms with Gasteiger partial charge in [0.25, 0.3) is 0 Å². The molecule has 0 saturated carbocycles. The molecule has 0 saturated heterocycles. The van der Waals surface area contributed by atoms with Crippen molar-refractivity contribution in [2.24, 2.45) is 4.99 Å². The number of thiocarbonyl (C=S) groups is 1. The number of aliphatic imine (C=N–C) groups is 1. The minimum Gasteiger partial charge on any atom is -0.406 e. The summed E-state index contributed by atoms with van der Waals surface area (Å²) < 4.78 is 46.1. The Labute approximate surface area is 229 Å². The Morgan fingerprint density at radius 1 is 1.05 bits per heavy atom. The summed E-state index contributed by atoms with van der Waals surface area (Å²) in [6.07, 6.45) is -0.401. The van der Waals surface area contributed by atoms with Crippen LogP contribution >= 0.6 is 23.8 Å². The molecule has 0 fully saturated rings. The van der Waals surface area contributed by atoms with Crippen molar-refractivity contribution in [2.75, 3.05) is 6.54 Å². The Bertz CT molecular complexity index is 1500. The molecule has 0 amide bonds. The maximum atomic E-state index is 12.5. The molecule has 0 bridgehead atoms. The van der Waals surface area contributed by atoms with Gasteiger partial charge in [0.2, 0.25) is 0 Å². The average Bonchev–Trinajstić information content (AvgIpc) is 3.30. The normalized spacial score (nSPS) is 12.9. The lowest BCUT2D eigenvalue weighted by molar-refractivity contribution is -0.274. The van der Waals surface area contributed by atoms with Gasteiger partial charge in [0.15, 0.2) is 0 Å². The van der Waals surface area contributed by atoms with E-state index >= 15 is 0 Å². The van der Waals surface area contributed by atoms with Crippen LogP contribution in [-0.4, -0.2) is 28.4 Å². The Morgan fingerprint density at radius 3 is 2.50 bits per heavy atom. The van der Waals surface area contributed by atoms with Crippen LogP contribution in [0.15, 0.2) is 65.7 Å². The van der Waals surface area contributed by atoms with Crippen molar-refractivity contribution in [1.82, 2.24) is 4.37 Å². The Hall–Kier alpha value is -3.36. The first kappa shape index (κ1) is 26.3. The molecule has 3 nitrogen and oxygen atoms in total. The number of ether oxygens (including phenoxy) is 1. The van der Waals surface area contributed by atoms with Crippen molar-refractivity contribution in [1.29, 1.82) is 0 Å². The van der Waals surface area contributed by atoms with E-state index in [1.165, 1.54) is 45.9 Å². The van der Waals surface area contributed by atoms with Gasteiger partial charge in [-0.05, 0) is 107 Å². The first-order valence-corrected chi connectivity index (χ1v) is 13.4. The second-order valence-electron chi connectivity index (χ2n) is 9.38. The van der Waals surface area contributed by atoms with E-state index in [1.807, 2.05) is 12.3 Å². The monoisotopic (exact) mass is 550 g/mol. The molecule has 3 aromatic carbocycles. The molecule has 5 rings (SSSR count). The smallest absolute Gasteiger partial charge is 0.406 e. The van der Waals surface area contributed by atoms with Crippen molar-refractivity contribution in [2.45, 2.75) is 39.5 Å². The van der Waals surface area contributed by atoms with Crippen LogP contribution in [0.25, 0.3) is 21.7 Å². The first-order valence-electron chi connectivity index (χ1n) is 12.2. The predicted octanol–water partition coefficient (Wildman–Crippen LogP) is 8.12. The SMILES string of the molecule is Cc1cccc(C)c1CC(=S)CN=Cc1ccc2c(c1)CCc1c-2nsc1-c1ccc(OC(F)(F)F)cc1. The quantitative estimate of drug-likeness (QED) is 0.172. The zero-order valence-corrected chi connectivity index (χ0v) is 22.6. The van der Waals surface area contributed by atoms with Gasteiger partial charge in [-0.25, -0.2) is 0 Å². The molecule has 1 heterocycles. The summed E-state index contributed by atoms with van der Waals surface area (Å²) in [6.45, 7) is 4.73. The van der Waals surface area contributed by atoms with E-state index in [0.717, 1.165) is 57.0 Å². The molecular formula is C30H25F3N2OS2. The zero-order valence-electron chi connectivity index (χ0n) is 20.9. The third kappa shape index (κ3) is 5.87. The van der Waals surface area contributed by atoms with Crippen LogP contribution in [0.3, 0.4) is 0 Å². The van der Waals surface area contributed by atoms with Gasteiger partial charge in [0, 0.05) is 23.1 Å². The Kier molecular flexibility index (Phi) is 7.45. The van der Waals surface area contributed by atoms with E-state index < -0.39 is 6.36 Å². The predicted molar refractivity (Wildman–Crippen MR) is 152 cm³/mol. The first-order chi connectivity index (χ1) is 18.2. The van der Waals surface area contributed by atoms with Crippen LogP contribution < -0.4 is 4.74 Å². The number of aromatic nitrogens is 1. The summed E-state index contributed by atoms with van der Waals surface area (Å²) >= 11 is 6.98. The van der Waals surface area contributed by atoms with E-state index in [-0.39, 0.29) is 5.75 Å². The van der Waals surface area contributed by atoms with Gasteiger partial charge in [-0.2, -0.15) is 4.37 Å². The Morgan fingerprint density at radius 2 is 1.79 bits per heavy atom. The molecule has 1 aromatic heterocycles. The van der Waals surface area contributed by atoms with E-state index in [0.29, 0.717) is 6.54 Å². The van der Waals surface area contributed by atoms with E-state index in [2.05, 4.69) is 53.9 Å². The fraction of sp³-hybridized carbons (Fsp3) is 0.233. The van der Waals surface area contributed by atoms with Crippen LogP contribution in [-0.2, 0) is 19.3 Å². The summed E-state index contributed by atoms with van der Waals surface area (Å²) in [6, 6.07) is 18.5. The number of benzene rings is 3. The fourth-order valence-electron chi connectivity index (χ4n) is 4.81. The van der Waals surface area contributed by atoms with Gasteiger partial charge in [-0.1, -0.05) is 42.5 Å². The number of rotatable bonds is 7. The topological polar surface area (TPSA) is 34.5 Å². The van der Waals surface area contributed by atoms with Crippen LogP contribution in [0.2, 0.25) is 0 Å².